The van der Waals surface area contributed by atoms with Gasteiger partial charge < -0.3 is 10.0 Å². The second-order valence-electron chi connectivity index (χ2n) is 5.18. The van der Waals surface area contributed by atoms with Gasteiger partial charge >= 0.3 is 0 Å². The molecule has 2 aliphatic rings. The molecule has 1 N–H and O–H groups in total. The maximum Gasteiger partial charge on any atom is 0.222 e. The van der Waals surface area contributed by atoms with Gasteiger partial charge in [0.2, 0.25) is 5.91 Å². The van der Waals surface area contributed by atoms with E-state index in [1.165, 1.54) is 25.7 Å². The number of amides is 1. The molecule has 2 fully saturated rings. The fourth-order valence-electron chi connectivity index (χ4n) is 3.28. The first-order chi connectivity index (χ1) is 7.20. The molecule has 15 heavy (non-hydrogen) atoms. The summed E-state index contributed by atoms with van der Waals surface area (Å²) < 4.78 is 0. The highest BCUT2D eigenvalue weighted by Crippen LogP contribution is 2.49. The maximum absolute atomic E-state index is 11.8. The van der Waals surface area contributed by atoms with Crippen LogP contribution in [0.5, 0.6) is 0 Å². The molecule has 0 aromatic carbocycles. The molecule has 0 aliphatic heterocycles. The van der Waals surface area contributed by atoms with Gasteiger partial charge in [-0.2, -0.15) is 0 Å². The lowest BCUT2D eigenvalue weighted by molar-refractivity contribution is -0.131. The molecule has 0 aromatic heterocycles. The molecule has 3 unspecified atom stereocenters. The van der Waals surface area contributed by atoms with Crippen molar-refractivity contribution in [2.75, 3.05) is 20.2 Å². The molecule has 0 aromatic rings. The summed E-state index contributed by atoms with van der Waals surface area (Å²) in [6.07, 6.45) is 6.07. The molecule has 3 heteroatoms. The summed E-state index contributed by atoms with van der Waals surface area (Å²) in [7, 11) is 1.78. The smallest absolute Gasteiger partial charge is 0.222 e. The van der Waals surface area contributed by atoms with E-state index in [9.17, 15) is 4.79 Å². The van der Waals surface area contributed by atoms with E-state index in [0.29, 0.717) is 18.9 Å². The Kier molecular flexibility index (Phi) is 3.29. The second-order valence-corrected chi connectivity index (χ2v) is 5.18. The number of carbonyl (C=O) groups is 1. The summed E-state index contributed by atoms with van der Waals surface area (Å²) in [5, 5.41) is 8.76. The molecule has 2 bridgehead atoms. The molecule has 0 radical (unpaired) electrons. The van der Waals surface area contributed by atoms with Crippen molar-refractivity contribution in [2.45, 2.75) is 32.1 Å². The third kappa shape index (κ3) is 2.33. The van der Waals surface area contributed by atoms with E-state index in [4.69, 9.17) is 5.11 Å². The first-order valence-corrected chi connectivity index (χ1v) is 6.05. The molecule has 2 saturated carbocycles. The number of fused-ring (bicyclic) bond motifs is 2. The van der Waals surface area contributed by atoms with E-state index in [1.807, 2.05) is 0 Å². The molecule has 0 heterocycles. The Hall–Kier alpha value is -0.570. The largest absolute Gasteiger partial charge is 0.395 e. The summed E-state index contributed by atoms with van der Waals surface area (Å²) in [6, 6.07) is 0. The molecule has 0 saturated heterocycles. The molecule has 3 atom stereocenters. The summed E-state index contributed by atoms with van der Waals surface area (Å²) >= 11 is 0. The minimum atomic E-state index is 0.0684. The van der Waals surface area contributed by atoms with Gasteiger partial charge in [0.15, 0.2) is 0 Å². The zero-order valence-corrected chi connectivity index (χ0v) is 9.48. The monoisotopic (exact) mass is 211 g/mol. The highest BCUT2D eigenvalue weighted by Gasteiger charge is 2.40. The van der Waals surface area contributed by atoms with Crippen LogP contribution in [0.4, 0.5) is 0 Å². The minimum Gasteiger partial charge on any atom is -0.395 e. The van der Waals surface area contributed by atoms with E-state index in [0.717, 1.165) is 11.8 Å². The zero-order valence-electron chi connectivity index (χ0n) is 9.48. The summed E-state index contributed by atoms with van der Waals surface area (Å²) in [5.74, 6) is 2.58. The standard InChI is InChI=1S/C12H21NO2/c1-13(4-5-14)12(15)8-11-7-9-2-3-10(11)6-9/h9-11,14H,2-8H2,1H3. The number of aliphatic hydroxyl groups is 1. The van der Waals surface area contributed by atoms with Crippen molar-refractivity contribution in [1.82, 2.24) is 4.90 Å². The highest BCUT2D eigenvalue weighted by atomic mass is 16.3. The quantitative estimate of drug-likeness (QED) is 0.760. The number of hydrogen-bond acceptors (Lipinski definition) is 2. The number of hydrogen-bond donors (Lipinski definition) is 1. The van der Waals surface area contributed by atoms with Crippen molar-refractivity contribution in [1.29, 1.82) is 0 Å². The van der Waals surface area contributed by atoms with Crippen molar-refractivity contribution in [3.8, 4) is 0 Å². The van der Waals surface area contributed by atoms with Gasteiger partial charge in [-0.15, -0.1) is 0 Å². The Morgan fingerprint density at radius 2 is 2.20 bits per heavy atom. The predicted molar refractivity (Wildman–Crippen MR) is 58.3 cm³/mol. The highest BCUT2D eigenvalue weighted by molar-refractivity contribution is 5.76. The topological polar surface area (TPSA) is 40.5 Å². The van der Waals surface area contributed by atoms with Crippen LogP contribution < -0.4 is 0 Å². The Balaban J connectivity index is 1.79. The third-order valence-electron chi connectivity index (χ3n) is 4.18. The fraction of sp³-hybridized carbons (Fsp3) is 0.917. The van der Waals surface area contributed by atoms with Crippen LogP contribution in [0.2, 0.25) is 0 Å². The van der Waals surface area contributed by atoms with Gasteiger partial charge in [0.05, 0.1) is 6.61 Å². The van der Waals surface area contributed by atoms with Crippen LogP contribution in [0.1, 0.15) is 32.1 Å². The Bertz CT molecular complexity index is 242. The number of likely N-dealkylation sites (N-methyl/N-ethyl adjacent to an activating group) is 1. The van der Waals surface area contributed by atoms with Gasteiger partial charge in [0.25, 0.3) is 0 Å². The first-order valence-electron chi connectivity index (χ1n) is 6.05. The third-order valence-corrected chi connectivity index (χ3v) is 4.18. The summed E-state index contributed by atoms with van der Waals surface area (Å²) in [4.78, 5) is 13.4. The molecule has 0 spiro atoms. The molecular weight excluding hydrogens is 190 g/mol. The van der Waals surface area contributed by atoms with E-state index in [-0.39, 0.29) is 12.5 Å². The predicted octanol–water partition coefficient (Wildman–Crippen LogP) is 1.26. The fourth-order valence-corrected chi connectivity index (χ4v) is 3.28. The van der Waals surface area contributed by atoms with Crippen LogP contribution in [0, 0.1) is 17.8 Å². The number of carbonyl (C=O) groups excluding carboxylic acids is 1. The van der Waals surface area contributed by atoms with Gasteiger partial charge in [0, 0.05) is 20.0 Å². The van der Waals surface area contributed by atoms with Crippen LogP contribution >= 0.6 is 0 Å². The van der Waals surface area contributed by atoms with Crippen molar-refractivity contribution in [3.05, 3.63) is 0 Å². The van der Waals surface area contributed by atoms with Crippen molar-refractivity contribution in [3.63, 3.8) is 0 Å². The van der Waals surface area contributed by atoms with Crippen molar-refractivity contribution < 1.29 is 9.90 Å². The Morgan fingerprint density at radius 1 is 1.40 bits per heavy atom. The van der Waals surface area contributed by atoms with Crippen molar-refractivity contribution in [2.24, 2.45) is 17.8 Å². The molecule has 2 aliphatic carbocycles. The second kappa shape index (κ2) is 4.52. The van der Waals surface area contributed by atoms with Crippen LogP contribution in [0.15, 0.2) is 0 Å². The lowest BCUT2D eigenvalue weighted by atomic mass is 9.86. The Morgan fingerprint density at radius 3 is 2.73 bits per heavy atom. The van der Waals surface area contributed by atoms with Gasteiger partial charge in [-0.25, -0.2) is 0 Å². The average Bonchev–Trinajstić information content (AvgIpc) is 2.79. The van der Waals surface area contributed by atoms with Gasteiger partial charge in [-0.3, -0.25) is 4.79 Å². The number of aliphatic hydroxyl groups excluding tert-OH is 1. The van der Waals surface area contributed by atoms with Gasteiger partial charge in [-0.05, 0) is 37.0 Å². The van der Waals surface area contributed by atoms with Crippen LogP contribution in [-0.4, -0.2) is 36.1 Å². The van der Waals surface area contributed by atoms with E-state index in [2.05, 4.69) is 0 Å². The lowest BCUT2D eigenvalue weighted by Crippen LogP contribution is -2.31. The van der Waals surface area contributed by atoms with E-state index in [1.54, 1.807) is 11.9 Å². The summed E-state index contributed by atoms with van der Waals surface area (Å²) in [5.41, 5.74) is 0. The summed E-state index contributed by atoms with van der Waals surface area (Å²) in [6.45, 7) is 0.540. The zero-order chi connectivity index (χ0) is 10.8. The molecule has 1 amide bonds. The molecular formula is C12H21NO2. The molecule has 2 rings (SSSR count). The van der Waals surface area contributed by atoms with Crippen molar-refractivity contribution >= 4 is 5.91 Å². The average molecular weight is 211 g/mol. The minimum absolute atomic E-state index is 0.0684. The number of nitrogens with zero attached hydrogens (tertiary/aromatic N) is 1. The number of rotatable bonds is 4. The van der Waals surface area contributed by atoms with Gasteiger partial charge in [-0.1, -0.05) is 6.42 Å². The van der Waals surface area contributed by atoms with E-state index < -0.39 is 0 Å². The van der Waals surface area contributed by atoms with Crippen LogP contribution in [0.3, 0.4) is 0 Å². The lowest BCUT2D eigenvalue weighted by Gasteiger charge is -2.24. The molecule has 86 valence electrons. The van der Waals surface area contributed by atoms with Crippen LogP contribution in [0.25, 0.3) is 0 Å². The molecule has 3 nitrogen and oxygen atoms in total. The maximum atomic E-state index is 11.8. The van der Waals surface area contributed by atoms with Crippen LogP contribution in [-0.2, 0) is 4.79 Å². The SMILES string of the molecule is CN(CCO)C(=O)CC1CC2CCC1C2. The Labute approximate surface area is 91.5 Å². The normalized spacial score (nSPS) is 33.3. The van der Waals surface area contributed by atoms with Gasteiger partial charge in [0.1, 0.15) is 0 Å². The van der Waals surface area contributed by atoms with E-state index >= 15 is 0 Å². The first kappa shape index (κ1) is 10.9.